The summed E-state index contributed by atoms with van der Waals surface area (Å²) in [6.45, 7) is 1.18. The van der Waals surface area contributed by atoms with Gasteiger partial charge in [-0.3, -0.25) is 4.79 Å². The Bertz CT molecular complexity index is 1100. The molecule has 4 rings (SSSR count). The van der Waals surface area contributed by atoms with E-state index in [2.05, 4.69) is 10.6 Å². The molecule has 1 unspecified atom stereocenters. The van der Waals surface area contributed by atoms with Crippen LogP contribution in [0, 0.1) is 11.6 Å². The molecule has 7 heteroatoms. The second-order valence-corrected chi connectivity index (χ2v) is 8.07. The van der Waals surface area contributed by atoms with E-state index in [0.717, 1.165) is 12.0 Å². The second kappa shape index (κ2) is 10.3. The van der Waals surface area contributed by atoms with Crippen molar-refractivity contribution in [1.29, 1.82) is 0 Å². The quantitative estimate of drug-likeness (QED) is 0.559. The molecule has 0 bridgehead atoms. The maximum Gasteiger partial charge on any atom is 0.321 e. The van der Waals surface area contributed by atoms with Crippen molar-refractivity contribution in [3.8, 4) is 0 Å². The number of anilines is 1. The Hall–Kier alpha value is -3.74. The van der Waals surface area contributed by atoms with E-state index in [1.165, 1.54) is 18.2 Å². The van der Waals surface area contributed by atoms with Crippen LogP contribution >= 0.6 is 0 Å². The summed E-state index contributed by atoms with van der Waals surface area (Å²) in [6.07, 6.45) is 1.24. The Morgan fingerprint density at radius 3 is 2.30 bits per heavy atom. The lowest BCUT2D eigenvalue weighted by atomic mass is 9.97. The summed E-state index contributed by atoms with van der Waals surface area (Å²) in [4.78, 5) is 26.5. The molecule has 0 aliphatic carbocycles. The fraction of sp³-hybridized carbons (Fsp3) is 0.231. The van der Waals surface area contributed by atoms with Crippen LogP contribution in [0.15, 0.2) is 72.8 Å². The van der Waals surface area contributed by atoms with Crippen molar-refractivity contribution in [2.75, 3.05) is 25.0 Å². The number of urea groups is 1. The monoisotopic (exact) mass is 449 g/mol. The number of amides is 3. The predicted octanol–water partition coefficient (Wildman–Crippen LogP) is 4.96. The fourth-order valence-corrected chi connectivity index (χ4v) is 4.06. The molecule has 0 radical (unpaired) electrons. The molecule has 3 amide bonds. The first-order valence-electron chi connectivity index (χ1n) is 10.9. The number of carbonyl (C=O) groups is 2. The number of benzene rings is 3. The maximum atomic E-state index is 14.1. The van der Waals surface area contributed by atoms with Crippen molar-refractivity contribution in [3.05, 3.63) is 101 Å². The van der Waals surface area contributed by atoms with E-state index in [-0.39, 0.29) is 30.0 Å². The SMILES string of the molecule is O=C(NCCc1ccccc1)c1ccc(NC(=O)N2CCC(c3c(F)cccc3F)C2)cc1. The highest BCUT2D eigenvalue weighted by molar-refractivity contribution is 5.95. The average Bonchev–Trinajstić information content (AvgIpc) is 3.30. The van der Waals surface area contributed by atoms with Gasteiger partial charge in [-0.25, -0.2) is 13.6 Å². The van der Waals surface area contributed by atoms with Gasteiger partial charge in [0.2, 0.25) is 0 Å². The highest BCUT2D eigenvalue weighted by atomic mass is 19.1. The number of rotatable bonds is 6. The summed E-state index contributed by atoms with van der Waals surface area (Å²) in [5, 5.41) is 5.67. The molecule has 3 aromatic carbocycles. The minimum Gasteiger partial charge on any atom is -0.352 e. The Morgan fingerprint density at radius 1 is 0.909 bits per heavy atom. The van der Waals surface area contributed by atoms with Crippen molar-refractivity contribution < 1.29 is 18.4 Å². The van der Waals surface area contributed by atoms with E-state index in [4.69, 9.17) is 0 Å². The molecule has 33 heavy (non-hydrogen) atoms. The summed E-state index contributed by atoms with van der Waals surface area (Å²) >= 11 is 0. The number of likely N-dealkylation sites (tertiary alicyclic amines) is 1. The third-order valence-corrected chi connectivity index (χ3v) is 5.82. The van der Waals surface area contributed by atoms with Crippen molar-refractivity contribution in [2.24, 2.45) is 0 Å². The van der Waals surface area contributed by atoms with Crippen LogP contribution < -0.4 is 10.6 Å². The third kappa shape index (κ3) is 5.55. The molecule has 5 nitrogen and oxygen atoms in total. The summed E-state index contributed by atoms with van der Waals surface area (Å²) in [5.74, 6) is -1.73. The molecule has 0 aromatic heterocycles. The van der Waals surface area contributed by atoms with Crippen LogP contribution in [0.5, 0.6) is 0 Å². The molecule has 1 aliphatic rings. The van der Waals surface area contributed by atoms with E-state index < -0.39 is 11.6 Å². The molecule has 1 fully saturated rings. The minimum atomic E-state index is -0.583. The highest BCUT2D eigenvalue weighted by Crippen LogP contribution is 2.31. The Kier molecular flexibility index (Phi) is 6.98. The number of hydrogen-bond acceptors (Lipinski definition) is 2. The van der Waals surface area contributed by atoms with Crippen molar-refractivity contribution in [3.63, 3.8) is 0 Å². The van der Waals surface area contributed by atoms with Gasteiger partial charge in [-0.2, -0.15) is 0 Å². The Balaban J connectivity index is 1.28. The molecule has 1 saturated heterocycles. The van der Waals surface area contributed by atoms with Crippen molar-refractivity contribution in [1.82, 2.24) is 10.2 Å². The topological polar surface area (TPSA) is 61.4 Å². The van der Waals surface area contributed by atoms with Crippen LogP contribution in [-0.4, -0.2) is 36.5 Å². The van der Waals surface area contributed by atoms with Crippen LogP contribution in [0.1, 0.15) is 33.8 Å². The van der Waals surface area contributed by atoms with Gasteiger partial charge in [-0.05, 0) is 54.8 Å². The van der Waals surface area contributed by atoms with Gasteiger partial charge in [-0.1, -0.05) is 36.4 Å². The van der Waals surface area contributed by atoms with Crippen LogP contribution in [0.2, 0.25) is 0 Å². The molecule has 1 heterocycles. The third-order valence-electron chi connectivity index (χ3n) is 5.82. The largest absolute Gasteiger partial charge is 0.352 e. The summed E-state index contributed by atoms with van der Waals surface area (Å²) in [5.41, 5.74) is 2.23. The molecule has 3 aromatic rings. The first-order valence-corrected chi connectivity index (χ1v) is 10.9. The number of nitrogens with zero attached hydrogens (tertiary/aromatic N) is 1. The van der Waals surface area contributed by atoms with E-state index in [1.807, 2.05) is 30.3 Å². The fourth-order valence-electron chi connectivity index (χ4n) is 4.06. The predicted molar refractivity (Wildman–Crippen MR) is 123 cm³/mol. The minimum absolute atomic E-state index is 0.0374. The Morgan fingerprint density at radius 2 is 1.61 bits per heavy atom. The van der Waals surface area contributed by atoms with E-state index in [9.17, 15) is 18.4 Å². The zero-order valence-electron chi connectivity index (χ0n) is 18.1. The normalized spacial score (nSPS) is 15.3. The van der Waals surface area contributed by atoms with Gasteiger partial charge in [0.1, 0.15) is 11.6 Å². The number of halogens is 2. The standard InChI is InChI=1S/C26H25F2N3O2/c27-22-7-4-8-23(28)24(22)20-14-16-31(17-20)26(33)30-21-11-9-19(10-12-21)25(32)29-15-13-18-5-2-1-3-6-18/h1-12,20H,13-17H2,(H,29,32)(H,30,33). The van der Waals surface area contributed by atoms with Gasteiger partial charge in [0.15, 0.2) is 0 Å². The highest BCUT2D eigenvalue weighted by Gasteiger charge is 2.31. The molecule has 0 spiro atoms. The Labute approximate surface area is 191 Å². The molecule has 170 valence electrons. The van der Waals surface area contributed by atoms with Crippen LogP contribution in [0.3, 0.4) is 0 Å². The summed E-state index contributed by atoms with van der Waals surface area (Å²) in [7, 11) is 0. The van der Waals surface area contributed by atoms with E-state index in [1.54, 1.807) is 29.2 Å². The van der Waals surface area contributed by atoms with Gasteiger partial charge in [0.25, 0.3) is 5.91 Å². The van der Waals surface area contributed by atoms with Crippen LogP contribution in [0.4, 0.5) is 19.3 Å². The van der Waals surface area contributed by atoms with Gasteiger partial charge in [0.05, 0.1) is 0 Å². The first kappa shape index (κ1) is 22.5. The van der Waals surface area contributed by atoms with Crippen molar-refractivity contribution >= 4 is 17.6 Å². The number of nitrogens with one attached hydrogen (secondary N) is 2. The van der Waals surface area contributed by atoms with Gasteiger partial charge in [0, 0.05) is 42.4 Å². The first-order chi connectivity index (χ1) is 16.0. The van der Waals surface area contributed by atoms with E-state index >= 15 is 0 Å². The average molecular weight is 450 g/mol. The molecule has 1 aliphatic heterocycles. The zero-order valence-corrected chi connectivity index (χ0v) is 18.1. The van der Waals surface area contributed by atoms with Gasteiger partial charge >= 0.3 is 6.03 Å². The zero-order chi connectivity index (χ0) is 23.2. The molecular formula is C26H25F2N3O2. The lowest BCUT2D eigenvalue weighted by molar-refractivity contribution is 0.0954. The van der Waals surface area contributed by atoms with Crippen LogP contribution in [-0.2, 0) is 6.42 Å². The smallest absolute Gasteiger partial charge is 0.321 e. The number of carbonyl (C=O) groups excluding carboxylic acids is 2. The number of hydrogen-bond donors (Lipinski definition) is 2. The second-order valence-electron chi connectivity index (χ2n) is 8.07. The summed E-state index contributed by atoms with van der Waals surface area (Å²) < 4.78 is 28.1. The maximum absolute atomic E-state index is 14.1. The molecule has 2 N–H and O–H groups in total. The van der Waals surface area contributed by atoms with Gasteiger partial charge < -0.3 is 15.5 Å². The van der Waals surface area contributed by atoms with Crippen molar-refractivity contribution in [2.45, 2.75) is 18.8 Å². The molecule has 0 saturated carbocycles. The summed E-state index contributed by atoms with van der Waals surface area (Å²) in [6, 6.07) is 20.0. The molecule has 1 atom stereocenters. The van der Waals surface area contributed by atoms with E-state index in [0.29, 0.717) is 30.8 Å². The van der Waals surface area contributed by atoms with Gasteiger partial charge in [-0.15, -0.1) is 0 Å². The van der Waals surface area contributed by atoms with Crippen LogP contribution in [0.25, 0.3) is 0 Å². The lowest BCUT2D eigenvalue weighted by Crippen LogP contribution is -2.33. The lowest BCUT2D eigenvalue weighted by Gasteiger charge is -2.18. The molecular weight excluding hydrogens is 424 g/mol.